The summed E-state index contributed by atoms with van der Waals surface area (Å²) in [4.78, 5) is 21.8. The second kappa shape index (κ2) is 11.9. The number of guanidine groups is 1. The average molecular weight is 415 g/mol. The van der Waals surface area contributed by atoms with Gasteiger partial charge in [-0.3, -0.25) is 9.69 Å². The Hall–Kier alpha value is -2.08. The highest BCUT2D eigenvalue weighted by molar-refractivity contribution is 5.80. The summed E-state index contributed by atoms with van der Waals surface area (Å²) in [5, 5.41) is 3.44. The first kappa shape index (κ1) is 22.6. The van der Waals surface area contributed by atoms with Crippen molar-refractivity contribution in [1.29, 1.82) is 0 Å². The van der Waals surface area contributed by atoms with Crippen LogP contribution < -0.4 is 5.32 Å². The minimum absolute atomic E-state index is 0.0225. The van der Waals surface area contributed by atoms with E-state index in [-0.39, 0.29) is 11.9 Å². The Balaban J connectivity index is 1.62. The SMILES string of the molecule is CCNC(=NCc1ccccc1CN1CCCCC1)N1CCC(C(=O)OCC)CC1. The van der Waals surface area contributed by atoms with Gasteiger partial charge in [0, 0.05) is 26.2 Å². The van der Waals surface area contributed by atoms with Gasteiger partial charge in [-0.15, -0.1) is 0 Å². The number of piperidine rings is 2. The molecule has 2 aliphatic rings. The van der Waals surface area contributed by atoms with Crippen molar-refractivity contribution in [2.45, 2.75) is 59.0 Å². The molecule has 6 nitrogen and oxygen atoms in total. The number of ether oxygens (including phenoxy) is 1. The maximum Gasteiger partial charge on any atom is 0.309 e. The van der Waals surface area contributed by atoms with E-state index in [2.05, 4.69) is 46.3 Å². The lowest BCUT2D eigenvalue weighted by Gasteiger charge is -2.33. The third-order valence-corrected chi connectivity index (χ3v) is 6.11. The van der Waals surface area contributed by atoms with Crippen molar-refractivity contribution >= 4 is 11.9 Å². The fraction of sp³-hybridized carbons (Fsp3) is 0.667. The first-order chi connectivity index (χ1) is 14.7. The number of esters is 1. The van der Waals surface area contributed by atoms with E-state index in [4.69, 9.17) is 9.73 Å². The quantitative estimate of drug-likeness (QED) is 0.421. The van der Waals surface area contributed by atoms with Crippen molar-refractivity contribution in [3.05, 3.63) is 35.4 Å². The fourth-order valence-corrected chi connectivity index (χ4v) is 4.40. The van der Waals surface area contributed by atoms with Crippen molar-refractivity contribution in [3.8, 4) is 0 Å². The normalized spacial score (nSPS) is 19.0. The molecule has 2 fully saturated rings. The number of carbonyl (C=O) groups is 1. The van der Waals surface area contributed by atoms with E-state index in [1.165, 1.54) is 43.5 Å². The van der Waals surface area contributed by atoms with Crippen LogP contribution in [0.3, 0.4) is 0 Å². The second-order valence-electron chi connectivity index (χ2n) is 8.29. The molecular formula is C24H38N4O2. The molecule has 0 spiro atoms. The Bertz CT molecular complexity index is 692. The number of nitrogens with one attached hydrogen (secondary N) is 1. The van der Waals surface area contributed by atoms with Crippen LogP contribution in [0.25, 0.3) is 0 Å². The Labute approximate surface area is 181 Å². The maximum atomic E-state index is 12.0. The molecule has 166 valence electrons. The van der Waals surface area contributed by atoms with Gasteiger partial charge in [-0.1, -0.05) is 30.7 Å². The number of hydrogen-bond donors (Lipinski definition) is 1. The molecule has 6 heteroatoms. The summed E-state index contributed by atoms with van der Waals surface area (Å²) >= 11 is 0. The summed E-state index contributed by atoms with van der Waals surface area (Å²) in [6.45, 7) is 11.1. The summed E-state index contributed by atoms with van der Waals surface area (Å²) in [6, 6.07) is 8.71. The van der Waals surface area contributed by atoms with Gasteiger partial charge in [-0.05, 0) is 63.7 Å². The Kier molecular flexibility index (Phi) is 9.00. The number of aliphatic imine (C=N–C) groups is 1. The van der Waals surface area contributed by atoms with Gasteiger partial charge in [0.25, 0.3) is 0 Å². The second-order valence-corrected chi connectivity index (χ2v) is 8.29. The summed E-state index contributed by atoms with van der Waals surface area (Å²) in [6.07, 6.45) is 5.64. The minimum atomic E-state index is -0.0503. The number of hydrogen-bond acceptors (Lipinski definition) is 4. The molecule has 0 unspecified atom stereocenters. The van der Waals surface area contributed by atoms with Crippen LogP contribution in [0.1, 0.15) is 57.1 Å². The monoisotopic (exact) mass is 414 g/mol. The van der Waals surface area contributed by atoms with Gasteiger partial charge in [-0.2, -0.15) is 0 Å². The Morgan fingerprint density at radius 1 is 1.07 bits per heavy atom. The molecule has 0 radical (unpaired) electrons. The molecular weight excluding hydrogens is 376 g/mol. The number of nitrogens with zero attached hydrogens (tertiary/aromatic N) is 3. The smallest absolute Gasteiger partial charge is 0.309 e. The molecule has 0 aromatic heterocycles. The molecule has 3 rings (SSSR count). The fourth-order valence-electron chi connectivity index (χ4n) is 4.40. The molecule has 0 aliphatic carbocycles. The summed E-state index contributed by atoms with van der Waals surface area (Å²) < 4.78 is 5.20. The van der Waals surface area contributed by atoms with E-state index < -0.39 is 0 Å². The van der Waals surface area contributed by atoms with Crippen LogP contribution in [0, 0.1) is 5.92 Å². The zero-order chi connectivity index (χ0) is 21.2. The van der Waals surface area contributed by atoms with E-state index in [1.807, 2.05) is 6.92 Å². The van der Waals surface area contributed by atoms with Gasteiger partial charge in [0.15, 0.2) is 5.96 Å². The minimum Gasteiger partial charge on any atom is -0.466 e. The highest BCUT2D eigenvalue weighted by Crippen LogP contribution is 2.20. The van der Waals surface area contributed by atoms with E-state index in [0.717, 1.165) is 45.0 Å². The Morgan fingerprint density at radius 3 is 2.43 bits per heavy atom. The topological polar surface area (TPSA) is 57.2 Å². The highest BCUT2D eigenvalue weighted by Gasteiger charge is 2.27. The lowest BCUT2D eigenvalue weighted by atomic mass is 9.97. The van der Waals surface area contributed by atoms with Gasteiger partial charge in [0.05, 0.1) is 19.1 Å². The Morgan fingerprint density at radius 2 is 1.77 bits per heavy atom. The van der Waals surface area contributed by atoms with E-state index in [0.29, 0.717) is 13.2 Å². The predicted octanol–water partition coefficient (Wildman–Crippen LogP) is 3.41. The lowest BCUT2D eigenvalue weighted by Crippen LogP contribution is -2.46. The van der Waals surface area contributed by atoms with Gasteiger partial charge in [0.2, 0.25) is 0 Å². The molecule has 2 aliphatic heterocycles. The summed E-state index contributed by atoms with van der Waals surface area (Å²) in [7, 11) is 0. The molecule has 1 aromatic carbocycles. The van der Waals surface area contributed by atoms with Crippen LogP contribution in [0.2, 0.25) is 0 Å². The van der Waals surface area contributed by atoms with Crippen molar-refractivity contribution in [2.24, 2.45) is 10.9 Å². The van der Waals surface area contributed by atoms with E-state index >= 15 is 0 Å². The number of rotatable bonds is 7. The molecule has 30 heavy (non-hydrogen) atoms. The van der Waals surface area contributed by atoms with E-state index in [1.54, 1.807) is 0 Å². The van der Waals surface area contributed by atoms with Gasteiger partial charge >= 0.3 is 5.97 Å². The van der Waals surface area contributed by atoms with Gasteiger partial charge in [-0.25, -0.2) is 4.99 Å². The molecule has 2 heterocycles. The third kappa shape index (κ3) is 6.46. The molecule has 0 atom stereocenters. The van der Waals surface area contributed by atoms with Crippen LogP contribution >= 0.6 is 0 Å². The first-order valence-corrected chi connectivity index (χ1v) is 11.7. The predicted molar refractivity (Wildman–Crippen MR) is 121 cm³/mol. The lowest BCUT2D eigenvalue weighted by molar-refractivity contribution is -0.149. The molecule has 0 amide bonds. The standard InChI is InChI=1S/C24H38N4O2/c1-3-25-24(28-16-12-20(13-17-28)23(29)30-4-2)26-18-21-10-6-7-11-22(21)19-27-14-8-5-9-15-27/h6-7,10-11,20H,3-5,8-9,12-19H2,1-2H3,(H,25,26). The van der Waals surface area contributed by atoms with Crippen molar-refractivity contribution in [1.82, 2.24) is 15.1 Å². The third-order valence-electron chi connectivity index (χ3n) is 6.11. The van der Waals surface area contributed by atoms with Gasteiger partial charge in [0.1, 0.15) is 0 Å². The van der Waals surface area contributed by atoms with Crippen molar-refractivity contribution in [2.75, 3.05) is 39.3 Å². The highest BCUT2D eigenvalue weighted by atomic mass is 16.5. The zero-order valence-electron chi connectivity index (χ0n) is 18.7. The number of benzene rings is 1. The molecule has 2 saturated heterocycles. The summed E-state index contributed by atoms with van der Waals surface area (Å²) in [5.74, 6) is 0.924. The number of carbonyl (C=O) groups excluding carboxylic acids is 1. The van der Waals surface area contributed by atoms with E-state index in [9.17, 15) is 4.79 Å². The average Bonchev–Trinajstić information content (AvgIpc) is 2.78. The van der Waals surface area contributed by atoms with Crippen molar-refractivity contribution in [3.63, 3.8) is 0 Å². The molecule has 1 N–H and O–H groups in total. The molecule has 1 aromatic rings. The first-order valence-electron chi connectivity index (χ1n) is 11.7. The zero-order valence-corrected chi connectivity index (χ0v) is 18.7. The molecule has 0 saturated carbocycles. The van der Waals surface area contributed by atoms with Crippen LogP contribution in [0.15, 0.2) is 29.3 Å². The van der Waals surface area contributed by atoms with Crippen LogP contribution in [-0.2, 0) is 22.6 Å². The summed E-state index contributed by atoms with van der Waals surface area (Å²) in [5.41, 5.74) is 2.69. The number of likely N-dealkylation sites (tertiary alicyclic amines) is 2. The van der Waals surface area contributed by atoms with Gasteiger partial charge < -0.3 is 15.0 Å². The maximum absolute atomic E-state index is 12.0. The van der Waals surface area contributed by atoms with Crippen LogP contribution in [0.5, 0.6) is 0 Å². The largest absolute Gasteiger partial charge is 0.466 e. The van der Waals surface area contributed by atoms with Crippen LogP contribution in [0.4, 0.5) is 0 Å². The molecule has 0 bridgehead atoms. The van der Waals surface area contributed by atoms with Crippen LogP contribution in [-0.4, -0.2) is 61.1 Å². The van der Waals surface area contributed by atoms with Crippen molar-refractivity contribution < 1.29 is 9.53 Å².